The zero-order chi connectivity index (χ0) is 19.5. The van der Waals surface area contributed by atoms with Crippen molar-refractivity contribution in [3.63, 3.8) is 0 Å². The van der Waals surface area contributed by atoms with Crippen molar-refractivity contribution in [1.29, 1.82) is 0 Å². The van der Waals surface area contributed by atoms with E-state index in [1.807, 2.05) is 24.5 Å². The van der Waals surface area contributed by atoms with E-state index in [1.165, 1.54) is 0 Å². The molecule has 0 aliphatic carbocycles. The molecular weight excluding hydrogens is 354 g/mol. The lowest BCUT2D eigenvalue weighted by Gasteiger charge is -2.30. The van der Waals surface area contributed by atoms with Gasteiger partial charge in [-0.3, -0.25) is 0 Å². The Morgan fingerprint density at radius 1 is 1.25 bits per heavy atom. The molecule has 2 atom stereocenters. The molecule has 1 saturated heterocycles. The van der Waals surface area contributed by atoms with Gasteiger partial charge >= 0.3 is 0 Å². The number of hydrogen-bond donors (Lipinski definition) is 3. The molecule has 3 aromatic heterocycles. The minimum atomic E-state index is 0.202. The van der Waals surface area contributed by atoms with E-state index in [-0.39, 0.29) is 12.5 Å². The molecule has 0 radical (unpaired) electrons. The Labute approximate surface area is 164 Å². The molecule has 0 saturated carbocycles. The van der Waals surface area contributed by atoms with E-state index < -0.39 is 0 Å². The quantitative estimate of drug-likeness (QED) is 0.600. The van der Waals surface area contributed by atoms with Crippen molar-refractivity contribution in [2.24, 2.45) is 11.8 Å². The molecule has 148 valence electrons. The SMILES string of the molecule is CC(C)c1cnn2ccc(-c3ccnc(NC[C@@H]4CCNC[C@H]4CO)n3)nc12. The highest BCUT2D eigenvalue weighted by molar-refractivity contribution is 5.60. The van der Waals surface area contributed by atoms with Gasteiger partial charge in [-0.2, -0.15) is 5.10 Å². The molecule has 1 fully saturated rings. The number of aromatic nitrogens is 5. The van der Waals surface area contributed by atoms with Gasteiger partial charge in [-0.1, -0.05) is 13.8 Å². The summed E-state index contributed by atoms with van der Waals surface area (Å²) in [6.07, 6.45) is 6.58. The minimum Gasteiger partial charge on any atom is -0.396 e. The normalized spacial score (nSPS) is 20.0. The number of hydrogen-bond acceptors (Lipinski definition) is 7. The number of anilines is 1. The van der Waals surface area contributed by atoms with Crippen LogP contribution in [0.5, 0.6) is 0 Å². The number of fused-ring (bicyclic) bond motifs is 1. The highest BCUT2D eigenvalue weighted by Gasteiger charge is 2.24. The monoisotopic (exact) mass is 381 g/mol. The maximum Gasteiger partial charge on any atom is 0.223 e. The number of aliphatic hydroxyl groups is 1. The Kier molecular flexibility index (Phi) is 5.50. The van der Waals surface area contributed by atoms with Gasteiger partial charge in [0.05, 0.1) is 17.6 Å². The maximum absolute atomic E-state index is 9.57. The van der Waals surface area contributed by atoms with Crippen LogP contribution in [-0.4, -0.2) is 55.9 Å². The molecule has 3 aromatic rings. The molecule has 4 heterocycles. The number of nitrogens with one attached hydrogen (secondary N) is 2. The van der Waals surface area contributed by atoms with Crippen molar-refractivity contribution >= 4 is 11.6 Å². The van der Waals surface area contributed by atoms with Gasteiger partial charge in [-0.15, -0.1) is 0 Å². The van der Waals surface area contributed by atoms with Gasteiger partial charge in [0, 0.05) is 37.7 Å². The van der Waals surface area contributed by atoms with Crippen molar-refractivity contribution < 1.29 is 5.11 Å². The van der Waals surface area contributed by atoms with E-state index in [0.29, 0.717) is 17.8 Å². The molecule has 3 N–H and O–H groups in total. The Hall–Kier alpha value is -2.58. The van der Waals surface area contributed by atoms with E-state index in [1.54, 1.807) is 10.7 Å². The van der Waals surface area contributed by atoms with E-state index in [0.717, 1.165) is 48.7 Å². The molecule has 8 heteroatoms. The van der Waals surface area contributed by atoms with E-state index in [2.05, 4.69) is 39.5 Å². The summed E-state index contributed by atoms with van der Waals surface area (Å²) in [6.45, 7) is 7.07. The van der Waals surface area contributed by atoms with E-state index >= 15 is 0 Å². The lowest BCUT2D eigenvalue weighted by atomic mass is 9.87. The zero-order valence-corrected chi connectivity index (χ0v) is 16.3. The summed E-state index contributed by atoms with van der Waals surface area (Å²) in [7, 11) is 0. The standard InChI is InChI=1S/C20H27N7O/c1-13(2)16-11-24-27-8-5-18(25-19(16)27)17-4-7-22-20(26-17)23-10-14-3-6-21-9-15(14)12-28/h4-5,7-8,11,13-15,21,28H,3,6,9-10,12H2,1-2H3,(H,22,23,26)/t14-,15-/m0/s1. The van der Waals surface area contributed by atoms with Crippen molar-refractivity contribution in [1.82, 2.24) is 29.9 Å². The molecular formula is C20H27N7O. The van der Waals surface area contributed by atoms with Crippen molar-refractivity contribution in [2.75, 3.05) is 31.6 Å². The van der Waals surface area contributed by atoms with Crippen LogP contribution < -0.4 is 10.6 Å². The van der Waals surface area contributed by atoms with Gasteiger partial charge in [0.25, 0.3) is 0 Å². The lowest BCUT2D eigenvalue weighted by Crippen LogP contribution is -2.41. The highest BCUT2D eigenvalue weighted by atomic mass is 16.3. The third-order valence-electron chi connectivity index (χ3n) is 5.46. The molecule has 0 spiro atoms. The smallest absolute Gasteiger partial charge is 0.223 e. The predicted molar refractivity (Wildman–Crippen MR) is 108 cm³/mol. The van der Waals surface area contributed by atoms with Crippen LogP contribution in [0.3, 0.4) is 0 Å². The predicted octanol–water partition coefficient (Wildman–Crippen LogP) is 1.94. The molecule has 0 amide bonds. The molecule has 0 bridgehead atoms. The summed E-state index contributed by atoms with van der Waals surface area (Å²) in [5, 5.41) is 20.6. The highest BCUT2D eigenvalue weighted by Crippen LogP contribution is 2.23. The van der Waals surface area contributed by atoms with Gasteiger partial charge in [-0.25, -0.2) is 19.5 Å². The summed E-state index contributed by atoms with van der Waals surface area (Å²) in [5.41, 5.74) is 3.56. The molecule has 0 aromatic carbocycles. The molecule has 8 nitrogen and oxygen atoms in total. The van der Waals surface area contributed by atoms with Crippen LogP contribution in [0.4, 0.5) is 5.95 Å². The van der Waals surface area contributed by atoms with Gasteiger partial charge in [0.15, 0.2) is 5.65 Å². The van der Waals surface area contributed by atoms with Gasteiger partial charge in [-0.05, 0) is 42.9 Å². The van der Waals surface area contributed by atoms with E-state index in [4.69, 9.17) is 4.98 Å². The number of nitrogens with zero attached hydrogens (tertiary/aromatic N) is 5. The van der Waals surface area contributed by atoms with Crippen LogP contribution in [0.1, 0.15) is 31.7 Å². The summed E-state index contributed by atoms with van der Waals surface area (Å²) in [6, 6.07) is 3.79. The Bertz CT molecular complexity index is 939. The largest absolute Gasteiger partial charge is 0.396 e. The molecule has 1 aliphatic rings. The summed E-state index contributed by atoms with van der Waals surface area (Å²) < 4.78 is 1.80. The van der Waals surface area contributed by atoms with Crippen LogP contribution in [-0.2, 0) is 0 Å². The zero-order valence-electron chi connectivity index (χ0n) is 16.3. The fraction of sp³-hybridized carbons (Fsp3) is 0.500. The fourth-order valence-electron chi connectivity index (χ4n) is 3.70. The summed E-state index contributed by atoms with van der Waals surface area (Å²) >= 11 is 0. The van der Waals surface area contributed by atoms with Crippen molar-refractivity contribution in [2.45, 2.75) is 26.2 Å². The third-order valence-corrected chi connectivity index (χ3v) is 5.46. The Balaban J connectivity index is 1.53. The van der Waals surface area contributed by atoms with E-state index in [9.17, 15) is 5.11 Å². The molecule has 28 heavy (non-hydrogen) atoms. The fourth-order valence-corrected chi connectivity index (χ4v) is 3.70. The first-order chi connectivity index (χ1) is 13.7. The van der Waals surface area contributed by atoms with Crippen molar-refractivity contribution in [3.8, 4) is 11.4 Å². The lowest BCUT2D eigenvalue weighted by molar-refractivity contribution is 0.152. The van der Waals surface area contributed by atoms with Gasteiger partial charge in [0.1, 0.15) is 0 Å². The van der Waals surface area contributed by atoms with Crippen LogP contribution in [0, 0.1) is 11.8 Å². The van der Waals surface area contributed by atoms with Crippen molar-refractivity contribution in [3.05, 3.63) is 36.3 Å². The van der Waals surface area contributed by atoms with Gasteiger partial charge in [0.2, 0.25) is 5.95 Å². The second kappa shape index (κ2) is 8.20. The topological polar surface area (TPSA) is 100 Å². The van der Waals surface area contributed by atoms with Crippen LogP contribution in [0.2, 0.25) is 0 Å². The maximum atomic E-state index is 9.57. The average Bonchev–Trinajstić information content (AvgIpc) is 3.16. The average molecular weight is 381 g/mol. The van der Waals surface area contributed by atoms with Crippen LogP contribution in [0.15, 0.2) is 30.7 Å². The van der Waals surface area contributed by atoms with Crippen LogP contribution >= 0.6 is 0 Å². The number of rotatable bonds is 6. The number of piperidine rings is 1. The first kappa shape index (κ1) is 18.8. The molecule has 4 rings (SSSR count). The molecule has 0 unspecified atom stereocenters. The number of aliphatic hydroxyl groups excluding tert-OH is 1. The first-order valence-corrected chi connectivity index (χ1v) is 9.89. The molecule has 1 aliphatic heterocycles. The summed E-state index contributed by atoms with van der Waals surface area (Å²) in [5.74, 6) is 1.62. The third kappa shape index (κ3) is 3.83. The summed E-state index contributed by atoms with van der Waals surface area (Å²) in [4.78, 5) is 13.8. The second-order valence-corrected chi connectivity index (χ2v) is 7.68. The Morgan fingerprint density at radius 2 is 2.11 bits per heavy atom. The first-order valence-electron chi connectivity index (χ1n) is 9.89. The minimum absolute atomic E-state index is 0.202. The van der Waals surface area contributed by atoms with Gasteiger partial charge < -0.3 is 15.7 Å². The second-order valence-electron chi connectivity index (χ2n) is 7.68. The Morgan fingerprint density at radius 3 is 2.93 bits per heavy atom. The van der Waals surface area contributed by atoms with Crippen LogP contribution in [0.25, 0.3) is 17.0 Å².